The highest BCUT2D eigenvalue weighted by Gasteiger charge is 2.37. The maximum atomic E-state index is 12.6. The van der Waals surface area contributed by atoms with Gasteiger partial charge < -0.3 is 10.2 Å². The zero-order chi connectivity index (χ0) is 17.8. The molecule has 0 spiro atoms. The molecule has 6 heteroatoms. The van der Waals surface area contributed by atoms with E-state index in [4.69, 9.17) is 5.26 Å². The molecule has 1 saturated carbocycles. The van der Waals surface area contributed by atoms with Gasteiger partial charge in [0, 0.05) is 36.1 Å². The summed E-state index contributed by atoms with van der Waals surface area (Å²) in [6.45, 7) is 3.33. The summed E-state index contributed by atoms with van der Waals surface area (Å²) in [5, 5.41) is 12.0. The van der Waals surface area contributed by atoms with E-state index in [0.29, 0.717) is 25.3 Å². The lowest BCUT2D eigenvalue weighted by Gasteiger charge is -2.17. The first kappa shape index (κ1) is 17.8. The first-order valence-corrected chi connectivity index (χ1v) is 9.66. The highest BCUT2D eigenvalue weighted by atomic mass is 32.2. The van der Waals surface area contributed by atoms with Crippen LogP contribution in [0.1, 0.15) is 32.6 Å². The van der Waals surface area contributed by atoms with Crippen LogP contribution in [0.25, 0.3) is 0 Å². The quantitative estimate of drug-likeness (QED) is 0.760. The molecule has 2 unspecified atom stereocenters. The second-order valence-corrected chi connectivity index (χ2v) is 8.40. The highest BCUT2D eigenvalue weighted by Crippen LogP contribution is 2.34. The smallest absolute Gasteiger partial charge is 0.229 e. The number of likely N-dealkylation sites (tertiary alicyclic amines) is 1. The number of para-hydroxylation sites is 1. The number of nitrogens with one attached hydrogen (secondary N) is 1. The summed E-state index contributed by atoms with van der Waals surface area (Å²) in [4.78, 5) is 27.5. The maximum absolute atomic E-state index is 12.6. The van der Waals surface area contributed by atoms with Crippen molar-refractivity contribution in [2.24, 2.45) is 11.8 Å². The average Bonchev–Trinajstić information content (AvgIpc) is 3.32. The maximum Gasteiger partial charge on any atom is 0.229 e. The molecule has 1 N–H and O–H groups in total. The van der Waals surface area contributed by atoms with Gasteiger partial charge in [0.15, 0.2) is 0 Å². The number of benzene rings is 1. The number of hydrogen-bond acceptors (Lipinski definition) is 4. The minimum Gasteiger partial charge on any atom is -0.342 e. The molecule has 5 nitrogen and oxygen atoms in total. The van der Waals surface area contributed by atoms with Gasteiger partial charge in [0.05, 0.1) is 17.7 Å². The molecule has 25 heavy (non-hydrogen) atoms. The molecular weight excluding hydrogens is 334 g/mol. The van der Waals surface area contributed by atoms with Crippen molar-refractivity contribution >= 4 is 29.3 Å². The summed E-state index contributed by atoms with van der Waals surface area (Å²) < 4.78 is 0. The number of anilines is 1. The van der Waals surface area contributed by atoms with E-state index < -0.39 is 0 Å². The van der Waals surface area contributed by atoms with Crippen LogP contribution in [0.4, 0.5) is 5.69 Å². The molecule has 0 bridgehead atoms. The molecule has 0 aromatic heterocycles. The third-order valence-corrected chi connectivity index (χ3v) is 5.79. The fourth-order valence-corrected chi connectivity index (χ4v) is 4.03. The van der Waals surface area contributed by atoms with Crippen LogP contribution < -0.4 is 5.32 Å². The number of rotatable bonds is 7. The Hall–Kier alpha value is -2.00. The Labute approximate surface area is 152 Å². The molecule has 2 aliphatic rings. The van der Waals surface area contributed by atoms with Gasteiger partial charge in [-0.3, -0.25) is 9.59 Å². The summed E-state index contributed by atoms with van der Waals surface area (Å²) in [5.74, 6) is 0.371. The van der Waals surface area contributed by atoms with Crippen LogP contribution in [0.2, 0.25) is 0 Å². The predicted molar refractivity (Wildman–Crippen MR) is 98.0 cm³/mol. The fraction of sp³-hybridized carbons (Fsp3) is 0.526. The van der Waals surface area contributed by atoms with E-state index in [9.17, 15) is 9.59 Å². The largest absolute Gasteiger partial charge is 0.342 e. The topological polar surface area (TPSA) is 73.2 Å². The van der Waals surface area contributed by atoms with Crippen molar-refractivity contribution < 1.29 is 9.59 Å². The number of amides is 2. The van der Waals surface area contributed by atoms with Crippen LogP contribution in [0.3, 0.4) is 0 Å². The summed E-state index contributed by atoms with van der Waals surface area (Å²) in [6.07, 6.45) is 3.16. The van der Waals surface area contributed by atoms with Crippen LogP contribution in [0.5, 0.6) is 0 Å². The molecule has 2 fully saturated rings. The van der Waals surface area contributed by atoms with Gasteiger partial charge in [-0.1, -0.05) is 19.1 Å². The minimum atomic E-state index is -0.277. The third-order valence-electron chi connectivity index (χ3n) is 4.61. The molecule has 2 amide bonds. The van der Waals surface area contributed by atoms with Gasteiger partial charge in [0.2, 0.25) is 11.8 Å². The van der Waals surface area contributed by atoms with Crippen LogP contribution in [0.15, 0.2) is 29.2 Å². The van der Waals surface area contributed by atoms with E-state index in [1.807, 2.05) is 36.1 Å². The van der Waals surface area contributed by atoms with Crippen LogP contribution >= 0.6 is 11.8 Å². The molecular formula is C19H23N3O2S. The number of nitrogens with zero attached hydrogens (tertiary/aromatic N) is 2. The first-order valence-electron chi connectivity index (χ1n) is 8.78. The summed E-state index contributed by atoms with van der Waals surface area (Å²) in [5.41, 5.74) is 0.760. The van der Waals surface area contributed by atoms with Crippen molar-refractivity contribution in [3.63, 3.8) is 0 Å². The van der Waals surface area contributed by atoms with Crippen LogP contribution in [-0.2, 0) is 9.59 Å². The van der Waals surface area contributed by atoms with Crippen molar-refractivity contribution in [3.8, 4) is 6.07 Å². The third kappa shape index (κ3) is 4.76. The molecule has 1 aliphatic carbocycles. The molecule has 1 heterocycles. The van der Waals surface area contributed by atoms with Gasteiger partial charge in [0.1, 0.15) is 0 Å². The summed E-state index contributed by atoms with van der Waals surface area (Å²) in [7, 11) is 0. The normalized spacial score (nSPS) is 21.0. The van der Waals surface area contributed by atoms with Crippen molar-refractivity contribution in [2.75, 3.05) is 18.4 Å². The number of carbonyl (C=O) groups is 2. The number of carbonyl (C=O) groups excluding carboxylic acids is 2. The second kappa shape index (κ2) is 7.92. The molecule has 2 atom stereocenters. The van der Waals surface area contributed by atoms with Gasteiger partial charge in [-0.05, 0) is 30.9 Å². The molecule has 1 aromatic rings. The van der Waals surface area contributed by atoms with Gasteiger partial charge in [-0.15, -0.1) is 11.8 Å². The van der Waals surface area contributed by atoms with Gasteiger partial charge >= 0.3 is 0 Å². The lowest BCUT2D eigenvalue weighted by Crippen LogP contribution is -2.30. The number of thioether (sulfide) groups is 1. The van der Waals surface area contributed by atoms with Gasteiger partial charge in [0.25, 0.3) is 0 Å². The van der Waals surface area contributed by atoms with E-state index >= 15 is 0 Å². The van der Waals surface area contributed by atoms with Gasteiger partial charge in [-0.25, -0.2) is 0 Å². The zero-order valence-electron chi connectivity index (χ0n) is 14.4. The summed E-state index contributed by atoms with van der Waals surface area (Å²) in [6, 6.07) is 9.80. The molecule has 132 valence electrons. The molecule has 0 radical (unpaired) electrons. The second-order valence-electron chi connectivity index (χ2n) is 6.92. The van der Waals surface area contributed by atoms with Crippen LogP contribution in [-0.4, -0.2) is 35.1 Å². The van der Waals surface area contributed by atoms with Crippen molar-refractivity contribution in [3.05, 3.63) is 24.3 Å². The number of hydrogen-bond donors (Lipinski definition) is 1. The Morgan fingerprint density at radius 1 is 1.44 bits per heavy atom. The van der Waals surface area contributed by atoms with E-state index in [0.717, 1.165) is 17.1 Å². The minimum absolute atomic E-state index is 0.0902. The molecule has 3 rings (SSSR count). The van der Waals surface area contributed by atoms with Gasteiger partial charge in [-0.2, -0.15) is 5.26 Å². The molecule has 1 aliphatic heterocycles. The van der Waals surface area contributed by atoms with Crippen molar-refractivity contribution in [2.45, 2.75) is 42.8 Å². The Kier molecular flexibility index (Phi) is 5.64. The van der Waals surface area contributed by atoms with Crippen LogP contribution in [0, 0.1) is 23.2 Å². The lowest BCUT2D eigenvalue weighted by molar-refractivity contribution is -0.128. The average molecular weight is 357 g/mol. The summed E-state index contributed by atoms with van der Waals surface area (Å²) >= 11 is 1.58. The van der Waals surface area contributed by atoms with E-state index in [1.165, 1.54) is 12.8 Å². The SMILES string of the molecule is CC(CC#N)Sc1ccccc1NC(=O)C1CC(=O)N(CC2CC2)C1. The lowest BCUT2D eigenvalue weighted by atomic mass is 10.1. The Morgan fingerprint density at radius 2 is 2.20 bits per heavy atom. The van der Waals surface area contributed by atoms with E-state index in [-0.39, 0.29) is 23.0 Å². The van der Waals surface area contributed by atoms with Crippen molar-refractivity contribution in [1.29, 1.82) is 5.26 Å². The number of nitriles is 1. The monoisotopic (exact) mass is 357 g/mol. The van der Waals surface area contributed by atoms with E-state index in [2.05, 4.69) is 11.4 Å². The van der Waals surface area contributed by atoms with Crippen molar-refractivity contribution in [1.82, 2.24) is 4.90 Å². The predicted octanol–water partition coefficient (Wildman–Crippen LogP) is 3.28. The Balaban J connectivity index is 1.61. The standard InChI is InChI=1S/C19H23N3O2S/c1-13(8-9-20)25-17-5-3-2-4-16(17)21-19(24)15-10-18(23)22(12-15)11-14-6-7-14/h2-5,13-15H,6-8,10-12H2,1H3,(H,21,24). The molecule has 1 saturated heterocycles. The molecule has 1 aromatic carbocycles. The van der Waals surface area contributed by atoms with E-state index in [1.54, 1.807) is 11.8 Å². The highest BCUT2D eigenvalue weighted by molar-refractivity contribution is 8.00. The Bertz CT molecular complexity index is 696. The zero-order valence-corrected chi connectivity index (χ0v) is 15.2. The fourth-order valence-electron chi connectivity index (χ4n) is 3.03. The first-order chi connectivity index (χ1) is 12.1. The Morgan fingerprint density at radius 3 is 2.92 bits per heavy atom.